The average molecular weight is 301 g/mol. The molecule has 2 saturated heterocycles. The van der Waals surface area contributed by atoms with E-state index in [1.54, 1.807) is 6.07 Å². The first kappa shape index (κ1) is 14.4. The molecule has 0 saturated carbocycles. The van der Waals surface area contributed by atoms with Crippen LogP contribution in [0.1, 0.15) is 19.3 Å². The third-order valence-electron chi connectivity index (χ3n) is 4.12. The van der Waals surface area contributed by atoms with Crippen molar-refractivity contribution < 1.29 is 17.9 Å². The van der Waals surface area contributed by atoms with Crippen molar-refractivity contribution in [1.29, 1.82) is 0 Å². The summed E-state index contributed by atoms with van der Waals surface area (Å²) >= 11 is 0. The second kappa shape index (κ2) is 5.71. The number of pyridine rings is 1. The molecule has 2 aliphatic rings. The van der Waals surface area contributed by atoms with E-state index in [0.29, 0.717) is 6.04 Å². The third-order valence-corrected chi connectivity index (χ3v) is 4.12. The van der Waals surface area contributed by atoms with Gasteiger partial charge in [-0.25, -0.2) is 4.98 Å². The number of rotatable bonds is 2. The van der Waals surface area contributed by atoms with Gasteiger partial charge in [-0.3, -0.25) is 4.90 Å². The number of anilines is 1. The molecule has 0 bridgehead atoms. The number of hydrogen-bond acceptors (Lipinski definition) is 4. The Kier molecular flexibility index (Phi) is 3.93. The van der Waals surface area contributed by atoms with Gasteiger partial charge in [-0.05, 0) is 31.5 Å². The van der Waals surface area contributed by atoms with Crippen molar-refractivity contribution in [3.63, 3.8) is 0 Å². The first-order chi connectivity index (χ1) is 10.0. The van der Waals surface area contributed by atoms with E-state index in [4.69, 9.17) is 0 Å². The molecule has 0 radical (unpaired) electrons. The number of nitrogens with zero attached hydrogens (tertiary/aromatic N) is 3. The molecule has 7 heteroatoms. The molecule has 3 heterocycles. The Hall–Kier alpha value is -1.50. The van der Waals surface area contributed by atoms with Gasteiger partial charge in [0.05, 0.1) is 6.20 Å². The number of aromatic nitrogens is 1. The molecule has 0 N–H and O–H groups in total. The maximum atomic E-state index is 12.1. The van der Waals surface area contributed by atoms with Crippen LogP contribution in [0.5, 0.6) is 5.75 Å². The zero-order chi connectivity index (χ0) is 14.9. The van der Waals surface area contributed by atoms with E-state index in [2.05, 4.69) is 19.5 Å². The van der Waals surface area contributed by atoms with E-state index in [-0.39, 0.29) is 5.75 Å². The molecule has 4 nitrogen and oxygen atoms in total. The van der Waals surface area contributed by atoms with Gasteiger partial charge in [-0.15, -0.1) is 13.2 Å². The lowest BCUT2D eigenvalue weighted by Crippen LogP contribution is -2.55. The van der Waals surface area contributed by atoms with E-state index in [1.807, 2.05) is 0 Å². The van der Waals surface area contributed by atoms with Crippen LogP contribution in [0.2, 0.25) is 0 Å². The zero-order valence-corrected chi connectivity index (χ0v) is 11.6. The number of piperazine rings is 1. The Morgan fingerprint density at radius 3 is 2.71 bits per heavy atom. The molecule has 0 aliphatic carbocycles. The Morgan fingerprint density at radius 2 is 2.00 bits per heavy atom. The molecule has 21 heavy (non-hydrogen) atoms. The van der Waals surface area contributed by atoms with Crippen molar-refractivity contribution in [3.05, 3.63) is 18.3 Å². The Balaban J connectivity index is 1.64. The highest BCUT2D eigenvalue weighted by Gasteiger charge is 2.32. The molecule has 1 unspecified atom stereocenters. The predicted molar refractivity (Wildman–Crippen MR) is 72.3 cm³/mol. The lowest BCUT2D eigenvalue weighted by atomic mass is 9.99. The number of piperidine rings is 1. The molecule has 1 aromatic rings. The Bertz CT molecular complexity index is 477. The SMILES string of the molecule is FC(F)(F)Oc1ccc(N2CCN3CCCCC3C2)nc1. The summed E-state index contributed by atoms with van der Waals surface area (Å²) in [7, 11) is 0. The van der Waals surface area contributed by atoms with Crippen molar-refractivity contribution in [2.75, 3.05) is 31.1 Å². The summed E-state index contributed by atoms with van der Waals surface area (Å²) < 4.78 is 40.2. The van der Waals surface area contributed by atoms with Crippen LogP contribution in [0, 0.1) is 0 Å². The van der Waals surface area contributed by atoms with Crippen LogP contribution in [-0.2, 0) is 0 Å². The number of hydrogen-bond donors (Lipinski definition) is 0. The van der Waals surface area contributed by atoms with Gasteiger partial charge in [0.15, 0.2) is 0 Å². The predicted octanol–water partition coefficient (Wildman–Crippen LogP) is 2.65. The second-order valence-electron chi connectivity index (χ2n) is 5.53. The smallest absolute Gasteiger partial charge is 0.404 e. The van der Waals surface area contributed by atoms with Gasteiger partial charge in [0.25, 0.3) is 0 Å². The van der Waals surface area contributed by atoms with Crippen LogP contribution in [0.15, 0.2) is 18.3 Å². The van der Waals surface area contributed by atoms with Gasteiger partial charge in [0, 0.05) is 25.7 Å². The van der Waals surface area contributed by atoms with Gasteiger partial charge in [0.1, 0.15) is 11.6 Å². The van der Waals surface area contributed by atoms with Crippen LogP contribution in [0.3, 0.4) is 0 Å². The van der Waals surface area contributed by atoms with E-state index in [1.165, 1.54) is 25.3 Å². The van der Waals surface area contributed by atoms with Crippen LogP contribution >= 0.6 is 0 Å². The normalized spacial score (nSPS) is 23.8. The van der Waals surface area contributed by atoms with Crippen molar-refractivity contribution >= 4 is 5.82 Å². The lowest BCUT2D eigenvalue weighted by molar-refractivity contribution is -0.274. The second-order valence-corrected chi connectivity index (χ2v) is 5.53. The third kappa shape index (κ3) is 3.58. The van der Waals surface area contributed by atoms with Gasteiger partial charge in [0.2, 0.25) is 0 Å². The topological polar surface area (TPSA) is 28.6 Å². The highest BCUT2D eigenvalue weighted by Crippen LogP contribution is 2.26. The van der Waals surface area contributed by atoms with E-state index < -0.39 is 6.36 Å². The summed E-state index contributed by atoms with van der Waals surface area (Å²) in [5.41, 5.74) is 0. The maximum Gasteiger partial charge on any atom is 0.573 e. The van der Waals surface area contributed by atoms with Crippen molar-refractivity contribution in [2.45, 2.75) is 31.7 Å². The van der Waals surface area contributed by atoms with Gasteiger partial charge in [-0.1, -0.05) is 6.42 Å². The molecular formula is C14H18F3N3O. The van der Waals surface area contributed by atoms with Gasteiger partial charge in [-0.2, -0.15) is 0 Å². The van der Waals surface area contributed by atoms with Crippen molar-refractivity contribution in [3.8, 4) is 5.75 Å². The molecule has 0 spiro atoms. The van der Waals surface area contributed by atoms with E-state index in [9.17, 15) is 13.2 Å². The summed E-state index contributed by atoms with van der Waals surface area (Å²) in [6.07, 6.45) is 0.164. The first-order valence-electron chi connectivity index (χ1n) is 7.22. The molecular weight excluding hydrogens is 283 g/mol. The van der Waals surface area contributed by atoms with Crippen LogP contribution in [0.25, 0.3) is 0 Å². The molecule has 116 valence electrons. The van der Waals surface area contributed by atoms with Gasteiger partial charge >= 0.3 is 6.36 Å². The fraction of sp³-hybridized carbons (Fsp3) is 0.643. The lowest BCUT2D eigenvalue weighted by Gasteiger charge is -2.44. The van der Waals surface area contributed by atoms with Crippen LogP contribution in [-0.4, -0.2) is 48.5 Å². The molecule has 1 atom stereocenters. The molecule has 0 amide bonds. The quantitative estimate of drug-likeness (QED) is 0.839. The zero-order valence-electron chi connectivity index (χ0n) is 11.6. The summed E-state index contributed by atoms with van der Waals surface area (Å²) in [5, 5.41) is 0. The largest absolute Gasteiger partial charge is 0.573 e. The van der Waals surface area contributed by atoms with Gasteiger partial charge < -0.3 is 9.64 Å². The van der Waals surface area contributed by atoms with E-state index in [0.717, 1.165) is 38.2 Å². The van der Waals surface area contributed by atoms with Crippen molar-refractivity contribution in [2.24, 2.45) is 0 Å². The van der Waals surface area contributed by atoms with Crippen LogP contribution in [0.4, 0.5) is 19.0 Å². The molecule has 2 aliphatic heterocycles. The fourth-order valence-corrected chi connectivity index (χ4v) is 3.12. The number of alkyl halides is 3. The number of fused-ring (bicyclic) bond motifs is 1. The average Bonchev–Trinajstić information content (AvgIpc) is 2.46. The standard InChI is InChI=1S/C14H18F3N3O/c15-14(16,17)21-12-4-5-13(18-9-12)20-8-7-19-6-2-1-3-11(19)10-20/h4-5,9,11H,1-3,6-8,10H2. The molecule has 0 aromatic carbocycles. The summed E-state index contributed by atoms with van der Waals surface area (Å²) in [5.74, 6) is 0.442. The maximum absolute atomic E-state index is 12.1. The number of halogens is 3. The molecule has 3 rings (SSSR count). The highest BCUT2D eigenvalue weighted by atomic mass is 19.4. The monoisotopic (exact) mass is 301 g/mol. The minimum absolute atomic E-state index is 0.275. The van der Waals surface area contributed by atoms with Crippen LogP contribution < -0.4 is 9.64 Å². The minimum atomic E-state index is -4.67. The highest BCUT2D eigenvalue weighted by molar-refractivity contribution is 5.41. The Labute approximate surface area is 121 Å². The summed E-state index contributed by atoms with van der Waals surface area (Å²) in [6.45, 7) is 3.91. The molecule has 2 fully saturated rings. The minimum Gasteiger partial charge on any atom is -0.404 e. The fourth-order valence-electron chi connectivity index (χ4n) is 3.12. The summed E-state index contributed by atoms with van der Waals surface area (Å²) in [4.78, 5) is 8.75. The van der Waals surface area contributed by atoms with E-state index >= 15 is 0 Å². The molecule has 1 aromatic heterocycles. The number of ether oxygens (including phenoxy) is 1. The first-order valence-corrected chi connectivity index (χ1v) is 7.22. The summed E-state index contributed by atoms with van der Waals surface area (Å²) in [6, 6.07) is 3.46. The van der Waals surface area contributed by atoms with Crippen molar-refractivity contribution in [1.82, 2.24) is 9.88 Å². The Morgan fingerprint density at radius 1 is 1.14 bits per heavy atom.